The van der Waals surface area contributed by atoms with Gasteiger partial charge in [-0.3, -0.25) is 9.80 Å². The van der Waals surface area contributed by atoms with E-state index in [-0.39, 0.29) is 0 Å². The van der Waals surface area contributed by atoms with Gasteiger partial charge in [-0.25, -0.2) is 0 Å². The highest BCUT2D eigenvalue weighted by atomic mass is 15.1. The summed E-state index contributed by atoms with van der Waals surface area (Å²) in [5.41, 5.74) is 5.56. The van der Waals surface area contributed by atoms with Crippen LogP contribution < -0.4 is 10.6 Å². The van der Waals surface area contributed by atoms with Gasteiger partial charge >= 0.3 is 0 Å². The Bertz CT molecular complexity index is 849. The number of nitrogens with one attached hydrogen (secondary N) is 2. The molecule has 34 heavy (non-hydrogen) atoms. The molecule has 0 atom stereocenters. The predicted octanol–water partition coefficient (Wildman–Crippen LogP) is 4.66. The average Bonchev–Trinajstić information content (AvgIpc) is 2.87. The van der Waals surface area contributed by atoms with Gasteiger partial charge in [0.1, 0.15) is 0 Å². The first kappa shape index (κ1) is 24.6. The van der Waals surface area contributed by atoms with E-state index in [4.69, 9.17) is 0 Å². The van der Waals surface area contributed by atoms with Gasteiger partial charge in [0, 0.05) is 52.4 Å². The van der Waals surface area contributed by atoms with Crippen molar-refractivity contribution in [2.24, 2.45) is 0 Å². The minimum Gasteiger partial charge on any atom is -0.315 e. The highest BCUT2D eigenvalue weighted by Crippen LogP contribution is 2.15. The number of hydrogen-bond donors (Lipinski definition) is 2. The van der Waals surface area contributed by atoms with Gasteiger partial charge in [0.15, 0.2) is 0 Å². The fourth-order valence-corrected chi connectivity index (χ4v) is 4.66. The molecule has 2 aliphatic heterocycles. The molecule has 180 valence electrons. The summed E-state index contributed by atoms with van der Waals surface area (Å²) in [7, 11) is 0. The molecule has 0 saturated carbocycles. The summed E-state index contributed by atoms with van der Waals surface area (Å²) in [6.07, 6.45) is 2.33. The first-order chi connectivity index (χ1) is 16.8. The van der Waals surface area contributed by atoms with Crippen LogP contribution in [0.5, 0.6) is 0 Å². The van der Waals surface area contributed by atoms with Gasteiger partial charge in [-0.2, -0.15) is 0 Å². The first-order valence-corrected chi connectivity index (χ1v) is 12.9. The maximum atomic E-state index is 3.61. The van der Waals surface area contributed by atoms with Crippen LogP contribution in [-0.2, 0) is 26.2 Å². The average molecular weight is 457 g/mol. The highest BCUT2D eigenvalue weighted by Gasteiger charge is 2.10. The molecule has 4 nitrogen and oxygen atoms in total. The molecule has 0 unspecified atom stereocenters. The molecule has 0 radical (unpaired) electrons. The van der Waals surface area contributed by atoms with E-state index in [1.54, 1.807) is 0 Å². The van der Waals surface area contributed by atoms with Crippen LogP contribution in [0.25, 0.3) is 0 Å². The SMILES string of the molecule is c1ccc(CN2CCCNCCNCCCN(Cc3ccccc3)Cc3ccc(cc3)C2)cc1. The number of fused-ring (bicyclic) bond motifs is 15. The van der Waals surface area contributed by atoms with Gasteiger partial charge in [0.25, 0.3) is 0 Å². The summed E-state index contributed by atoms with van der Waals surface area (Å²) in [4.78, 5) is 5.16. The van der Waals surface area contributed by atoms with E-state index in [2.05, 4.69) is 105 Å². The second-order valence-electron chi connectivity index (χ2n) is 9.42. The van der Waals surface area contributed by atoms with E-state index in [0.717, 1.165) is 65.4 Å². The fraction of sp³-hybridized carbons (Fsp3) is 0.400. The van der Waals surface area contributed by atoms with Crippen LogP contribution >= 0.6 is 0 Å². The van der Waals surface area contributed by atoms with E-state index in [0.29, 0.717) is 0 Å². The van der Waals surface area contributed by atoms with Gasteiger partial charge in [0.05, 0.1) is 0 Å². The molecule has 5 rings (SSSR count). The lowest BCUT2D eigenvalue weighted by atomic mass is 10.1. The van der Waals surface area contributed by atoms with Crippen molar-refractivity contribution < 1.29 is 0 Å². The van der Waals surface area contributed by atoms with E-state index in [1.807, 2.05) is 0 Å². The van der Waals surface area contributed by atoms with Crippen LogP contribution in [0.2, 0.25) is 0 Å². The van der Waals surface area contributed by atoms with Crippen LogP contribution in [0.3, 0.4) is 0 Å². The molecule has 3 aromatic carbocycles. The lowest BCUT2D eigenvalue weighted by Gasteiger charge is -2.24. The van der Waals surface area contributed by atoms with Crippen LogP contribution in [0, 0.1) is 0 Å². The summed E-state index contributed by atoms with van der Waals surface area (Å²) in [6, 6.07) is 31.0. The predicted molar refractivity (Wildman–Crippen MR) is 143 cm³/mol. The maximum Gasteiger partial charge on any atom is 0.0237 e. The van der Waals surface area contributed by atoms with Crippen molar-refractivity contribution in [2.75, 3.05) is 39.3 Å². The van der Waals surface area contributed by atoms with Crippen molar-refractivity contribution in [1.82, 2.24) is 20.4 Å². The van der Waals surface area contributed by atoms with Crippen LogP contribution in [0.15, 0.2) is 84.9 Å². The lowest BCUT2D eigenvalue weighted by Crippen LogP contribution is -2.32. The Hall–Kier alpha value is -2.50. The largest absolute Gasteiger partial charge is 0.315 e. The molecule has 0 aliphatic carbocycles. The van der Waals surface area contributed by atoms with Crippen molar-refractivity contribution in [3.05, 3.63) is 107 Å². The zero-order valence-corrected chi connectivity index (χ0v) is 20.5. The van der Waals surface area contributed by atoms with Gasteiger partial charge in [-0.05, 0) is 48.2 Å². The van der Waals surface area contributed by atoms with Crippen LogP contribution in [0.4, 0.5) is 0 Å². The topological polar surface area (TPSA) is 30.5 Å². The molecule has 0 amide bonds. The molecule has 2 aliphatic rings. The van der Waals surface area contributed by atoms with Crippen molar-refractivity contribution in [2.45, 2.75) is 39.0 Å². The number of rotatable bonds is 4. The summed E-state index contributed by atoms with van der Waals surface area (Å²) in [6.45, 7) is 10.4. The van der Waals surface area contributed by atoms with Crippen molar-refractivity contribution in [3.8, 4) is 0 Å². The van der Waals surface area contributed by atoms with E-state index >= 15 is 0 Å². The van der Waals surface area contributed by atoms with Gasteiger partial charge in [-0.1, -0.05) is 84.9 Å². The molecule has 3 aromatic rings. The minimum atomic E-state index is 0.991. The molecule has 0 saturated heterocycles. The normalized spacial score (nSPS) is 17.8. The fourth-order valence-electron chi connectivity index (χ4n) is 4.66. The maximum absolute atomic E-state index is 3.61. The van der Waals surface area contributed by atoms with Crippen LogP contribution in [-0.4, -0.2) is 49.1 Å². The summed E-state index contributed by atoms with van der Waals surface area (Å²) in [5, 5.41) is 7.22. The zero-order chi connectivity index (χ0) is 23.3. The molecular formula is C30H40N4. The zero-order valence-electron chi connectivity index (χ0n) is 20.5. The molecular weight excluding hydrogens is 416 g/mol. The van der Waals surface area contributed by atoms with Crippen molar-refractivity contribution in [3.63, 3.8) is 0 Å². The Balaban J connectivity index is 1.44. The number of benzene rings is 3. The smallest absolute Gasteiger partial charge is 0.0237 e. The standard InChI is InChI=1S/C30H40N4/c1-3-9-27(10-4-1)23-33-21-7-17-31-19-20-32-18-8-22-34(24-28-11-5-2-6-12-28)26-30-15-13-29(25-33)14-16-30/h1-6,9-16,31-32H,7-8,17-26H2. The van der Waals surface area contributed by atoms with E-state index in [9.17, 15) is 0 Å². The van der Waals surface area contributed by atoms with Crippen molar-refractivity contribution >= 4 is 0 Å². The Kier molecular flexibility index (Phi) is 10.2. The molecule has 4 heteroatoms. The molecule has 2 N–H and O–H groups in total. The monoisotopic (exact) mass is 456 g/mol. The van der Waals surface area contributed by atoms with E-state index < -0.39 is 0 Å². The third-order valence-electron chi connectivity index (χ3n) is 6.47. The quantitative estimate of drug-likeness (QED) is 0.598. The van der Waals surface area contributed by atoms with Gasteiger partial charge < -0.3 is 10.6 Å². The second kappa shape index (κ2) is 14.0. The minimum absolute atomic E-state index is 0.991. The third kappa shape index (κ3) is 8.69. The number of nitrogens with zero attached hydrogens (tertiary/aromatic N) is 2. The molecule has 2 heterocycles. The molecule has 0 aromatic heterocycles. The Morgan fingerprint density at radius 1 is 0.500 bits per heavy atom. The second-order valence-corrected chi connectivity index (χ2v) is 9.42. The van der Waals surface area contributed by atoms with Crippen molar-refractivity contribution in [1.29, 1.82) is 0 Å². The lowest BCUT2D eigenvalue weighted by molar-refractivity contribution is 0.249. The summed E-state index contributed by atoms with van der Waals surface area (Å²) >= 11 is 0. The Morgan fingerprint density at radius 3 is 1.32 bits per heavy atom. The third-order valence-corrected chi connectivity index (χ3v) is 6.47. The Morgan fingerprint density at radius 2 is 0.912 bits per heavy atom. The first-order valence-electron chi connectivity index (χ1n) is 12.9. The van der Waals surface area contributed by atoms with Crippen LogP contribution in [0.1, 0.15) is 35.1 Å². The Labute approximate surface area is 206 Å². The van der Waals surface area contributed by atoms with Gasteiger partial charge in [-0.15, -0.1) is 0 Å². The number of hydrogen-bond acceptors (Lipinski definition) is 4. The molecule has 0 spiro atoms. The molecule has 2 bridgehead atoms. The molecule has 0 fully saturated rings. The highest BCUT2D eigenvalue weighted by molar-refractivity contribution is 5.23. The summed E-state index contributed by atoms with van der Waals surface area (Å²) in [5.74, 6) is 0. The van der Waals surface area contributed by atoms with E-state index in [1.165, 1.54) is 35.1 Å². The van der Waals surface area contributed by atoms with Gasteiger partial charge in [0.2, 0.25) is 0 Å². The summed E-state index contributed by atoms with van der Waals surface area (Å²) < 4.78 is 0.